The maximum atomic E-state index is 13.1. The molecule has 1 heterocycles. The zero-order valence-electron chi connectivity index (χ0n) is 16.4. The Kier molecular flexibility index (Phi) is 6.79. The van der Waals surface area contributed by atoms with Crippen molar-refractivity contribution in [3.63, 3.8) is 0 Å². The van der Waals surface area contributed by atoms with E-state index in [0.717, 1.165) is 11.1 Å². The lowest BCUT2D eigenvalue weighted by atomic mass is 10.1. The molecule has 0 atom stereocenters. The Morgan fingerprint density at radius 1 is 1.17 bits per heavy atom. The van der Waals surface area contributed by atoms with Crippen molar-refractivity contribution in [3.05, 3.63) is 59.2 Å². The van der Waals surface area contributed by atoms with Crippen LogP contribution in [0.3, 0.4) is 0 Å². The fraction of sp³-hybridized carbons (Fsp3) is 0.238. The number of likely N-dealkylation sites (N-methyl/N-ethyl adjacent to an activating group) is 1. The number of nitrogens with zero attached hydrogens (tertiary/aromatic N) is 2. The first-order valence-electron chi connectivity index (χ1n) is 8.90. The molecule has 2 aromatic carbocycles. The van der Waals surface area contributed by atoms with Crippen LogP contribution in [-0.2, 0) is 11.3 Å². The van der Waals surface area contributed by atoms with Crippen LogP contribution in [0.25, 0.3) is 11.3 Å². The number of anilines is 1. The van der Waals surface area contributed by atoms with Crippen molar-refractivity contribution in [3.8, 4) is 22.8 Å². The maximum absolute atomic E-state index is 13.1. The summed E-state index contributed by atoms with van der Waals surface area (Å²) in [5, 5.41) is 5.14. The molecule has 0 saturated carbocycles. The van der Waals surface area contributed by atoms with Crippen molar-refractivity contribution in [2.75, 3.05) is 33.1 Å². The van der Waals surface area contributed by atoms with Gasteiger partial charge in [-0.15, -0.1) is 11.3 Å². The molecule has 3 aromatic rings. The van der Waals surface area contributed by atoms with E-state index in [-0.39, 0.29) is 18.3 Å². The van der Waals surface area contributed by atoms with Crippen LogP contribution in [0.1, 0.15) is 5.56 Å². The molecule has 0 fully saturated rings. The van der Waals surface area contributed by atoms with E-state index in [1.165, 1.54) is 23.5 Å². The number of halogens is 1. The van der Waals surface area contributed by atoms with Gasteiger partial charge in [0.1, 0.15) is 5.82 Å². The predicted octanol–water partition coefficient (Wildman–Crippen LogP) is 4.04. The second-order valence-electron chi connectivity index (χ2n) is 6.42. The van der Waals surface area contributed by atoms with Crippen LogP contribution in [0.2, 0.25) is 0 Å². The number of para-hydroxylation sites is 1. The van der Waals surface area contributed by atoms with Crippen LogP contribution in [0.4, 0.5) is 9.52 Å². The van der Waals surface area contributed by atoms with E-state index in [1.807, 2.05) is 35.5 Å². The SMILES string of the molecule is COc1cccc(CN(C)CC(=O)Nc2nc(-c3ccc(F)cc3)cs2)c1OC. The van der Waals surface area contributed by atoms with E-state index in [9.17, 15) is 9.18 Å². The third kappa shape index (κ3) is 5.30. The van der Waals surface area contributed by atoms with E-state index in [2.05, 4.69) is 10.3 Å². The van der Waals surface area contributed by atoms with Gasteiger partial charge in [-0.25, -0.2) is 9.37 Å². The van der Waals surface area contributed by atoms with E-state index in [4.69, 9.17) is 9.47 Å². The van der Waals surface area contributed by atoms with Gasteiger partial charge in [0.2, 0.25) is 5.91 Å². The highest BCUT2D eigenvalue weighted by atomic mass is 32.1. The Morgan fingerprint density at radius 2 is 1.93 bits per heavy atom. The zero-order valence-corrected chi connectivity index (χ0v) is 17.3. The average Bonchev–Trinajstić information content (AvgIpc) is 3.16. The summed E-state index contributed by atoms with van der Waals surface area (Å²) in [7, 11) is 5.03. The first kappa shape index (κ1) is 20.8. The molecule has 152 valence electrons. The van der Waals surface area contributed by atoms with Crippen molar-refractivity contribution in [2.45, 2.75) is 6.54 Å². The Balaban J connectivity index is 1.59. The predicted molar refractivity (Wildman–Crippen MR) is 112 cm³/mol. The van der Waals surface area contributed by atoms with Crippen LogP contribution in [0.5, 0.6) is 11.5 Å². The smallest absolute Gasteiger partial charge is 0.240 e. The van der Waals surface area contributed by atoms with E-state index in [1.54, 1.807) is 26.4 Å². The summed E-state index contributed by atoms with van der Waals surface area (Å²) < 4.78 is 23.8. The van der Waals surface area contributed by atoms with Crippen LogP contribution in [-0.4, -0.2) is 43.6 Å². The summed E-state index contributed by atoms with van der Waals surface area (Å²) in [5.41, 5.74) is 2.42. The minimum absolute atomic E-state index is 0.172. The van der Waals surface area contributed by atoms with Gasteiger partial charge in [0, 0.05) is 23.1 Å². The normalized spacial score (nSPS) is 10.8. The number of carbonyl (C=O) groups excluding carboxylic acids is 1. The molecular formula is C21H22FN3O3S. The molecule has 0 unspecified atom stereocenters. The quantitative estimate of drug-likeness (QED) is 0.602. The molecule has 8 heteroatoms. The highest BCUT2D eigenvalue weighted by Gasteiger charge is 2.14. The minimum Gasteiger partial charge on any atom is -0.493 e. The van der Waals surface area contributed by atoms with Gasteiger partial charge in [-0.1, -0.05) is 12.1 Å². The molecule has 0 bridgehead atoms. The molecule has 1 aromatic heterocycles. The molecular weight excluding hydrogens is 393 g/mol. The molecule has 6 nitrogen and oxygen atoms in total. The summed E-state index contributed by atoms with van der Waals surface area (Å²) in [4.78, 5) is 18.7. The van der Waals surface area contributed by atoms with E-state index in [0.29, 0.717) is 28.9 Å². The Morgan fingerprint density at radius 3 is 2.62 bits per heavy atom. The fourth-order valence-electron chi connectivity index (χ4n) is 2.91. The lowest BCUT2D eigenvalue weighted by molar-refractivity contribution is -0.117. The average molecular weight is 415 g/mol. The van der Waals surface area contributed by atoms with Crippen LogP contribution in [0, 0.1) is 5.82 Å². The largest absolute Gasteiger partial charge is 0.493 e. The van der Waals surface area contributed by atoms with Gasteiger partial charge in [-0.2, -0.15) is 0 Å². The van der Waals surface area contributed by atoms with Crippen molar-refractivity contribution in [2.24, 2.45) is 0 Å². The Labute approximate surface area is 172 Å². The summed E-state index contributed by atoms with van der Waals surface area (Å²) in [6.45, 7) is 0.707. The van der Waals surface area contributed by atoms with E-state index < -0.39 is 0 Å². The Bertz CT molecular complexity index is 976. The van der Waals surface area contributed by atoms with Gasteiger partial charge in [-0.05, 0) is 37.4 Å². The highest BCUT2D eigenvalue weighted by molar-refractivity contribution is 7.14. The number of aromatic nitrogens is 1. The standard InChI is InChI=1S/C21H22FN3O3S/c1-25(11-15-5-4-6-18(27-2)20(15)28-3)12-19(26)24-21-23-17(13-29-21)14-7-9-16(22)10-8-14/h4-10,13H,11-12H2,1-3H3,(H,23,24,26). The number of benzene rings is 2. The molecule has 0 radical (unpaired) electrons. The first-order chi connectivity index (χ1) is 14.0. The van der Waals surface area contributed by atoms with Gasteiger partial charge >= 0.3 is 0 Å². The molecule has 0 aliphatic rings. The maximum Gasteiger partial charge on any atom is 0.240 e. The number of carbonyl (C=O) groups is 1. The molecule has 29 heavy (non-hydrogen) atoms. The number of hydrogen-bond donors (Lipinski definition) is 1. The number of ether oxygens (including phenoxy) is 2. The molecule has 1 amide bonds. The molecule has 0 aliphatic carbocycles. The first-order valence-corrected chi connectivity index (χ1v) is 9.78. The highest BCUT2D eigenvalue weighted by Crippen LogP contribution is 2.31. The number of rotatable bonds is 8. The van der Waals surface area contributed by atoms with Gasteiger partial charge in [0.25, 0.3) is 0 Å². The molecule has 0 aliphatic heterocycles. The number of hydrogen-bond acceptors (Lipinski definition) is 6. The van der Waals surface area contributed by atoms with Gasteiger partial charge < -0.3 is 14.8 Å². The monoisotopic (exact) mass is 415 g/mol. The van der Waals surface area contributed by atoms with E-state index >= 15 is 0 Å². The van der Waals surface area contributed by atoms with Crippen LogP contribution in [0.15, 0.2) is 47.8 Å². The third-order valence-corrected chi connectivity index (χ3v) is 4.99. The topological polar surface area (TPSA) is 63.7 Å². The van der Waals surface area contributed by atoms with Gasteiger partial charge in [0.05, 0.1) is 26.5 Å². The number of amides is 1. The van der Waals surface area contributed by atoms with Crippen molar-refractivity contribution >= 4 is 22.4 Å². The zero-order chi connectivity index (χ0) is 20.8. The molecule has 0 spiro atoms. The summed E-state index contributed by atoms with van der Waals surface area (Å²) in [6, 6.07) is 11.7. The second-order valence-corrected chi connectivity index (χ2v) is 7.28. The number of methoxy groups -OCH3 is 2. The molecule has 0 saturated heterocycles. The van der Waals surface area contributed by atoms with Gasteiger partial charge in [0.15, 0.2) is 16.6 Å². The minimum atomic E-state index is -0.298. The van der Waals surface area contributed by atoms with Crippen molar-refractivity contribution in [1.82, 2.24) is 9.88 Å². The Hall–Kier alpha value is -2.97. The molecule has 1 N–H and O–H groups in total. The summed E-state index contributed by atoms with van der Waals surface area (Å²) in [6.07, 6.45) is 0. The van der Waals surface area contributed by atoms with Crippen molar-refractivity contribution in [1.29, 1.82) is 0 Å². The summed E-state index contributed by atoms with van der Waals surface area (Å²) >= 11 is 1.33. The lowest BCUT2D eigenvalue weighted by Crippen LogP contribution is -2.30. The third-order valence-electron chi connectivity index (χ3n) is 4.23. The lowest BCUT2D eigenvalue weighted by Gasteiger charge is -2.19. The number of thiazole rings is 1. The van der Waals surface area contributed by atoms with Crippen LogP contribution >= 0.6 is 11.3 Å². The number of nitrogens with one attached hydrogen (secondary N) is 1. The van der Waals surface area contributed by atoms with Crippen molar-refractivity contribution < 1.29 is 18.7 Å². The van der Waals surface area contributed by atoms with Gasteiger partial charge in [-0.3, -0.25) is 9.69 Å². The fourth-order valence-corrected chi connectivity index (χ4v) is 3.65. The molecule has 3 rings (SSSR count). The summed E-state index contributed by atoms with van der Waals surface area (Å²) in [5.74, 6) is 0.840. The van der Waals surface area contributed by atoms with Crippen LogP contribution < -0.4 is 14.8 Å². The second kappa shape index (κ2) is 9.49.